The van der Waals surface area contributed by atoms with Crippen LogP contribution in [0.15, 0.2) is 78.9 Å². The fourth-order valence-corrected chi connectivity index (χ4v) is 3.76. The number of benzene rings is 3. The van der Waals surface area contributed by atoms with Crippen LogP contribution in [-0.4, -0.2) is 6.10 Å². The van der Waals surface area contributed by atoms with Gasteiger partial charge in [0.1, 0.15) is 5.75 Å². The van der Waals surface area contributed by atoms with E-state index in [2.05, 4.69) is 99.6 Å². The molecule has 0 amide bonds. The second-order valence-electron chi connectivity index (χ2n) is 7.20. The molecule has 1 heteroatoms. The molecule has 0 bridgehead atoms. The molecule has 0 saturated carbocycles. The molecule has 0 aliphatic heterocycles. The number of allylic oxidation sites excluding steroid dienone is 1. The summed E-state index contributed by atoms with van der Waals surface area (Å²) in [6.07, 6.45) is 2.59. The van der Waals surface area contributed by atoms with Crippen LogP contribution in [0.5, 0.6) is 5.75 Å². The summed E-state index contributed by atoms with van der Waals surface area (Å²) in [5, 5.41) is 0. The first kappa shape index (κ1) is 16.7. The Kier molecular flexibility index (Phi) is 4.38. The zero-order valence-corrected chi connectivity index (χ0v) is 15.6. The summed E-state index contributed by atoms with van der Waals surface area (Å²) in [6, 6.07) is 26.0. The Bertz CT molecular complexity index is 951. The Morgan fingerprint density at radius 1 is 0.846 bits per heavy atom. The molecule has 1 nitrogen and oxygen atoms in total. The minimum absolute atomic E-state index is 0.191. The zero-order valence-electron chi connectivity index (χ0n) is 15.6. The highest BCUT2D eigenvalue weighted by Gasteiger charge is 2.25. The van der Waals surface area contributed by atoms with E-state index in [-0.39, 0.29) is 12.0 Å². The lowest BCUT2D eigenvalue weighted by Crippen LogP contribution is -2.07. The van der Waals surface area contributed by atoms with Crippen LogP contribution in [-0.2, 0) is 0 Å². The van der Waals surface area contributed by atoms with Gasteiger partial charge >= 0.3 is 0 Å². The van der Waals surface area contributed by atoms with Gasteiger partial charge in [-0.15, -0.1) is 0 Å². The van der Waals surface area contributed by atoms with E-state index in [1.165, 1.54) is 33.4 Å². The SMILES string of the molecule is Cc1cc(C2C=C(c3ccccc3)c3ccccc32)ccc1OC(C)C. The fraction of sp³-hybridized carbons (Fsp3) is 0.200. The summed E-state index contributed by atoms with van der Waals surface area (Å²) in [4.78, 5) is 0. The monoisotopic (exact) mass is 340 g/mol. The Hall–Kier alpha value is -2.80. The van der Waals surface area contributed by atoms with Crippen molar-refractivity contribution >= 4 is 5.57 Å². The first-order chi connectivity index (χ1) is 12.6. The van der Waals surface area contributed by atoms with Gasteiger partial charge in [-0.25, -0.2) is 0 Å². The molecule has 0 aromatic heterocycles. The maximum absolute atomic E-state index is 5.91. The minimum atomic E-state index is 0.191. The number of aryl methyl sites for hydroxylation is 1. The van der Waals surface area contributed by atoms with E-state index in [0.29, 0.717) is 0 Å². The molecule has 0 spiro atoms. The van der Waals surface area contributed by atoms with E-state index >= 15 is 0 Å². The molecule has 4 rings (SSSR count). The number of hydrogen-bond acceptors (Lipinski definition) is 1. The summed E-state index contributed by atoms with van der Waals surface area (Å²) in [6.45, 7) is 6.26. The Morgan fingerprint density at radius 2 is 1.58 bits per heavy atom. The third-order valence-corrected chi connectivity index (χ3v) is 4.92. The average Bonchev–Trinajstić information content (AvgIpc) is 3.04. The standard InChI is InChI=1S/C25H24O/c1-17(2)26-25-14-13-20(15-18(25)3)24-16-23(19-9-5-4-6-10-19)21-11-7-8-12-22(21)24/h4-17,24H,1-3H3. The minimum Gasteiger partial charge on any atom is -0.491 e. The van der Waals surface area contributed by atoms with Crippen LogP contribution >= 0.6 is 0 Å². The highest BCUT2D eigenvalue weighted by molar-refractivity contribution is 5.86. The van der Waals surface area contributed by atoms with Gasteiger partial charge in [-0.3, -0.25) is 0 Å². The molecular weight excluding hydrogens is 316 g/mol. The van der Waals surface area contributed by atoms with Crippen LogP contribution in [0, 0.1) is 6.92 Å². The van der Waals surface area contributed by atoms with E-state index < -0.39 is 0 Å². The summed E-state index contributed by atoms with van der Waals surface area (Å²) in [5.41, 5.74) is 7.82. The second kappa shape index (κ2) is 6.84. The predicted molar refractivity (Wildman–Crippen MR) is 109 cm³/mol. The van der Waals surface area contributed by atoms with Crippen LogP contribution in [0.2, 0.25) is 0 Å². The fourth-order valence-electron chi connectivity index (χ4n) is 3.76. The van der Waals surface area contributed by atoms with Crippen LogP contribution in [0.4, 0.5) is 0 Å². The van der Waals surface area contributed by atoms with Crippen LogP contribution in [0.25, 0.3) is 5.57 Å². The highest BCUT2D eigenvalue weighted by atomic mass is 16.5. The lowest BCUT2D eigenvalue weighted by atomic mass is 9.92. The third-order valence-electron chi connectivity index (χ3n) is 4.92. The molecule has 0 radical (unpaired) electrons. The summed E-state index contributed by atoms with van der Waals surface area (Å²) >= 11 is 0. The van der Waals surface area contributed by atoms with E-state index in [0.717, 1.165) is 5.75 Å². The number of fused-ring (bicyclic) bond motifs is 1. The van der Waals surface area contributed by atoms with Gasteiger partial charge in [0.2, 0.25) is 0 Å². The van der Waals surface area contributed by atoms with Crippen molar-refractivity contribution in [2.75, 3.05) is 0 Å². The van der Waals surface area contributed by atoms with Gasteiger partial charge in [0.15, 0.2) is 0 Å². The molecule has 3 aromatic carbocycles. The number of rotatable bonds is 4. The van der Waals surface area contributed by atoms with Crippen molar-refractivity contribution in [2.24, 2.45) is 0 Å². The van der Waals surface area contributed by atoms with Crippen molar-refractivity contribution in [3.8, 4) is 5.75 Å². The lowest BCUT2D eigenvalue weighted by molar-refractivity contribution is 0.240. The summed E-state index contributed by atoms with van der Waals surface area (Å²) in [5.74, 6) is 1.26. The van der Waals surface area contributed by atoms with E-state index in [4.69, 9.17) is 4.74 Å². The van der Waals surface area contributed by atoms with Crippen molar-refractivity contribution in [2.45, 2.75) is 32.8 Å². The normalized spacial score (nSPS) is 15.7. The first-order valence-corrected chi connectivity index (χ1v) is 9.27. The van der Waals surface area contributed by atoms with Gasteiger partial charge in [0, 0.05) is 5.92 Å². The molecule has 0 heterocycles. The average molecular weight is 340 g/mol. The predicted octanol–water partition coefficient (Wildman–Crippen LogP) is 6.36. The molecular formula is C25H24O. The van der Waals surface area contributed by atoms with Gasteiger partial charge in [-0.2, -0.15) is 0 Å². The highest BCUT2D eigenvalue weighted by Crippen LogP contribution is 2.43. The molecule has 0 fully saturated rings. The van der Waals surface area contributed by atoms with Crippen LogP contribution in [0.3, 0.4) is 0 Å². The maximum atomic E-state index is 5.91. The Labute approximate surface area is 156 Å². The van der Waals surface area contributed by atoms with Crippen LogP contribution in [0.1, 0.15) is 47.6 Å². The van der Waals surface area contributed by atoms with Gasteiger partial charge in [-0.05, 0) is 60.2 Å². The molecule has 26 heavy (non-hydrogen) atoms. The number of ether oxygens (including phenoxy) is 1. The van der Waals surface area contributed by atoms with Gasteiger partial charge in [-0.1, -0.05) is 72.8 Å². The smallest absolute Gasteiger partial charge is 0.122 e. The van der Waals surface area contributed by atoms with Crippen molar-refractivity contribution in [1.82, 2.24) is 0 Å². The van der Waals surface area contributed by atoms with Crippen molar-refractivity contribution in [3.05, 3.63) is 107 Å². The number of hydrogen-bond donors (Lipinski definition) is 0. The van der Waals surface area contributed by atoms with E-state index in [1.54, 1.807) is 0 Å². The molecule has 1 aliphatic carbocycles. The van der Waals surface area contributed by atoms with E-state index in [1.807, 2.05) is 0 Å². The molecule has 1 unspecified atom stereocenters. The maximum Gasteiger partial charge on any atom is 0.122 e. The Balaban J connectivity index is 1.77. The van der Waals surface area contributed by atoms with Crippen molar-refractivity contribution < 1.29 is 4.74 Å². The third kappa shape index (κ3) is 3.06. The first-order valence-electron chi connectivity index (χ1n) is 9.27. The molecule has 0 saturated heterocycles. The molecule has 130 valence electrons. The molecule has 3 aromatic rings. The lowest BCUT2D eigenvalue weighted by Gasteiger charge is -2.16. The van der Waals surface area contributed by atoms with E-state index in [9.17, 15) is 0 Å². The molecule has 1 atom stereocenters. The zero-order chi connectivity index (χ0) is 18.1. The largest absolute Gasteiger partial charge is 0.491 e. The Morgan fingerprint density at radius 3 is 2.31 bits per heavy atom. The topological polar surface area (TPSA) is 9.23 Å². The quantitative estimate of drug-likeness (QED) is 0.537. The molecule has 1 aliphatic rings. The van der Waals surface area contributed by atoms with Crippen molar-refractivity contribution in [1.29, 1.82) is 0 Å². The van der Waals surface area contributed by atoms with Gasteiger partial charge < -0.3 is 4.74 Å². The van der Waals surface area contributed by atoms with Gasteiger partial charge in [0.25, 0.3) is 0 Å². The van der Waals surface area contributed by atoms with Gasteiger partial charge in [0.05, 0.1) is 6.10 Å². The molecule has 0 N–H and O–H groups in total. The second-order valence-corrected chi connectivity index (χ2v) is 7.20. The van der Waals surface area contributed by atoms with Crippen molar-refractivity contribution in [3.63, 3.8) is 0 Å². The summed E-state index contributed by atoms with van der Waals surface area (Å²) in [7, 11) is 0. The van der Waals surface area contributed by atoms with Crippen LogP contribution < -0.4 is 4.74 Å². The summed E-state index contributed by atoms with van der Waals surface area (Å²) < 4.78 is 5.91.